The van der Waals surface area contributed by atoms with Crippen molar-refractivity contribution in [1.82, 2.24) is 4.90 Å². The Morgan fingerprint density at radius 2 is 1.90 bits per heavy atom. The van der Waals surface area contributed by atoms with Gasteiger partial charge in [-0.05, 0) is 101 Å². The smallest absolute Gasteiger partial charge is 0.129 e. The van der Waals surface area contributed by atoms with Gasteiger partial charge in [0.1, 0.15) is 12.0 Å². The second-order valence-electron chi connectivity index (χ2n) is 9.21. The molecule has 1 N–H and O–H groups in total. The summed E-state index contributed by atoms with van der Waals surface area (Å²) in [4.78, 5) is 13.6. The minimum atomic E-state index is -0.767. The van der Waals surface area contributed by atoms with Gasteiger partial charge < -0.3 is 15.1 Å². The van der Waals surface area contributed by atoms with Crippen molar-refractivity contribution in [2.24, 2.45) is 5.92 Å². The number of rotatable bonds is 11. The van der Waals surface area contributed by atoms with E-state index in [2.05, 4.69) is 29.7 Å². The Bertz CT molecular complexity index is 747. The van der Waals surface area contributed by atoms with Crippen LogP contribution in [0.25, 0.3) is 5.57 Å². The summed E-state index contributed by atoms with van der Waals surface area (Å²) in [6, 6.07) is 6.77. The molecular formula is C26H39FN2O. The molecular weight excluding hydrogens is 375 g/mol. The largest absolute Gasteiger partial charge is 0.310 e. The molecule has 1 heterocycles. The average molecular weight is 415 g/mol. The molecule has 1 saturated heterocycles. The highest BCUT2D eigenvalue weighted by molar-refractivity contribution is 5.82. The fourth-order valence-corrected chi connectivity index (χ4v) is 4.58. The van der Waals surface area contributed by atoms with Crippen LogP contribution in [0.4, 0.5) is 4.39 Å². The predicted molar refractivity (Wildman–Crippen MR) is 125 cm³/mol. The van der Waals surface area contributed by atoms with E-state index >= 15 is 0 Å². The van der Waals surface area contributed by atoms with Crippen LogP contribution in [-0.4, -0.2) is 42.2 Å². The second-order valence-corrected chi connectivity index (χ2v) is 9.21. The molecule has 1 aliphatic rings. The molecule has 1 aromatic rings. The van der Waals surface area contributed by atoms with Crippen molar-refractivity contribution in [3.05, 3.63) is 41.5 Å². The van der Waals surface area contributed by atoms with Crippen molar-refractivity contribution in [2.75, 3.05) is 19.6 Å². The summed E-state index contributed by atoms with van der Waals surface area (Å²) in [5.74, 6) is 0.868. The van der Waals surface area contributed by atoms with Crippen molar-refractivity contribution >= 4 is 17.1 Å². The van der Waals surface area contributed by atoms with Crippen LogP contribution >= 0.6 is 0 Å². The SMILES string of the molecule is C=C(C)c1ccc(C2CCN(CC(C)F)CC2)cc1CCC(CCC(C)=O)C(C)=N. The molecule has 0 saturated carbocycles. The number of ketones is 1. The van der Waals surface area contributed by atoms with Gasteiger partial charge in [0.2, 0.25) is 0 Å². The number of piperidine rings is 1. The Morgan fingerprint density at radius 3 is 2.43 bits per heavy atom. The lowest BCUT2D eigenvalue weighted by atomic mass is 9.84. The molecule has 0 spiro atoms. The van der Waals surface area contributed by atoms with Gasteiger partial charge in [0.05, 0.1) is 0 Å². The maximum Gasteiger partial charge on any atom is 0.129 e. The molecule has 2 atom stereocenters. The Morgan fingerprint density at radius 1 is 1.23 bits per heavy atom. The van der Waals surface area contributed by atoms with Crippen LogP contribution in [-0.2, 0) is 11.2 Å². The predicted octanol–water partition coefficient (Wildman–Crippen LogP) is 6.21. The van der Waals surface area contributed by atoms with Crippen LogP contribution in [0.5, 0.6) is 0 Å². The third-order valence-corrected chi connectivity index (χ3v) is 6.38. The average Bonchev–Trinajstić information content (AvgIpc) is 2.67. The van der Waals surface area contributed by atoms with Crippen LogP contribution in [0.15, 0.2) is 24.8 Å². The van der Waals surface area contributed by atoms with Gasteiger partial charge >= 0.3 is 0 Å². The lowest BCUT2D eigenvalue weighted by Gasteiger charge is -2.32. The van der Waals surface area contributed by atoms with E-state index in [1.54, 1.807) is 13.8 Å². The third-order valence-electron chi connectivity index (χ3n) is 6.38. The van der Waals surface area contributed by atoms with Crippen molar-refractivity contribution in [3.8, 4) is 0 Å². The molecule has 2 rings (SSSR count). The lowest BCUT2D eigenvalue weighted by molar-refractivity contribution is -0.117. The molecule has 2 unspecified atom stereocenters. The van der Waals surface area contributed by atoms with Crippen molar-refractivity contribution < 1.29 is 9.18 Å². The Hall–Kier alpha value is -1.81. The summed E-state index contributed by atoms with van der Waals surface area (Å²) in [5.41, 5.74) is 5.60. The molecule has 3 nitrogen and oxygen atoms in total. The van der Waals surface area contributed by atoms with E-state index in [1.165, 1.54) is 16.7 Å². The number of nitrogens with zero attached hydrogens (tertiary/aromatic N) is 1. The first-order chi connectivity index (χ1) is 14.2. The van der Waals surface area contributed by atoms with Gasteiger partial charge in [0.25, 0.3) is 0 Å². The Labute approximate surface area is 182 Å². The highest BCUT2D eigenvalue weighted by Gasteiger charge is 2.22. The molecule has 4 heteroatoms. The molecule has 30 heavy (non-hydrogen) atoms. The van der Waals surface area contributed by atoms with E-state index in [-0.39, 0.29) is 11.7 Å². The number of Topliss-reactive ketones (excluding diaryl/α,β-unsaturated/α-hetero) is 1. The van der Waals surface area contributed by atoms with Crippen molar-refractivity contribution in [1.29, 1.82) is 5.41 Å². The number of halogens is 1. The van der Waals surface area contributed by atoms with Crippen LogP contribution in [0.2, 0.25) is 0 Å². The van der Waals surface area contributed by atoms with Gasteiger partial charge in [-0.25, -0.2) is 4.39 Å². The summed E-state index contributed by atoms with van der Waals surface area (Å²) in [5, 5.41) is 8.11. The summed E-state index contributed by atoms with van der Waals surface area (Å²) < 4.78 is 13.3. The van der Waals surface area contributed by atoms with Crippen LogP contribution in [0, 0.1) is 11.3 Å². The molecule has 0 radical (unpaired) electrons. The zero-order valence-electron chi connectivity index (χ0n) is 19.3. The monoisotopic (exact) mass is 414 g/mol. The summed E-state index contributed by atoms with van der Waals surface area (Å²) in [6.45, 7) is 13.8. The van der Waals surface area contributed by atoms with Gasteiger partial charge in [-0.15, -0.1) is 0 Å². The maximum atomic E-state index is 13.3. The van der Waals surface area contributed by atoms with E-state index in [1.807, 2.05) is 13.8 Å². The number of benzene rings is 1. The number of aryl methyl sites for hydroxylation is 1. The van der Waals surface area contributed by atoms with Gasteiger partial charge in [-0.1, -0.05) is 30.4 Å². The molecule has 0 bridgehead atoms. The van der Waals surface area contributed by atoms with E-state index in [0.717, 1.165) is 50.8 Å². The first-order valence-corrected chi connectivity index (χ1v) is 11.4. The molecule has 1 aliphatic heterocycles. The molecule has 1 fully saturated rings. The van der Waals surface area contributed by atoms with E-state index in [4.69, 9.17) is 5.41 Å². The van der Waals surface area contributed by atoms with Crippen LogP contribution in [0.3, 0.4) is 0 Å². The number of alkyl halides is 1. The van der Waals surface area contributed by atoms with Gasteiger partial charge in [-0.2, -0.15) is 0 Å². The Balaban J connectivity index is 2.09. The fraction of sp³-hybridized carbons (Fsp3) is 0.615. The normalized spacial score (nSPS) is 17.5. The van der Waals surface area contributed by atoms with E-state index in [0.29, 0.717) is 24.6 Å². The molecule has 0 amide bonds. The zero-order valence-corrected chi connectivity index (χ0v) is 19.3. The van der Waals surface area contributed by atoms with Crippen LogP contribution < -0.4 is 0 Å². The number of carbonyl (C=O) groups excluding carboxylic acids is 1. The number of nitrogens with one attached hydrogen (secondary N) is 1. The molecule has 166 valence electrons. The minimum Gasteiger partial charge on any atom is -0.310 e. The number of carbonyl (C=O) groups is 1. The molecule has 1 aromatic carbocycles. The maximum absolute atomic E-state index is 13.3. The van der Waals surface area contributed by atoms with Gasteiger partial charge in [0, 0.05) is 18.7 Å². The standard InChI is InChI=1S/C26H39FN2O/c1-18(2)26-11-10-24(23-12-14-29(15-13-23)17-19(3)27)16-25(26)9-8-22(21(5)28)7-6-20(4)30/h10-11,16,19,22-23,28H,1,6-9,12-15,17H2,2-5H3. The molecule has 0 aromatic heterocycles. The van der Waals surface area contributed by atoms with Crippen molar-refractivity contribution in [3.63, 3.8) is 0 Å². The number of allylic oxidation sites excluding steroid dienone is 1. The lowest BCUT2D eigenvalue weighted by Crippen LogP contribution is -2.36. The van der Waals surface area contributed by atoms with E-state index < -0.39 is 6.17 Å². The molecule has 0 aliphatic carbocycles. The quantitative estimate of drug-likeness (QED) is 0.437. The summed E-state index contributed by atoms with van der Waals surface area (Å²) >= 11 is 0. The minimum absolute atomic E-state index is 0.154. The highest BCUT2D eigenvalue weighted by Crippen LogP contribution is 2.32. The van der Waals surface area contributed by atoms with Crippen LogP contribution in [0.1, 0.15) is 82.4 Å². The number of likely N-dealkylation sites (tertiary alicyclic amines) is 1. The highest BCUT2D eigenvalue weighted by atomic mass is 19.1. The van der Waals surface area contributed by atoms with Gasteiger partial charge in [-0.3, -0.25) is 0 Å². The third kappa shape index (κ3) is 7.46. The first kappa shape index (κ1) is 24.5. The fourth-order valence-electron chi connectivity index (χ4n) is 4.58. The first-order valence-electron chi connectivity index (χ1n) is 11.4. The second kappa shape index (κ2) is 11.5. The summed E-state index contributed by atoms with van der Waals surface area (Å²) in [7, 11) is 0. The number of hydrogen-bond acceptors (Lipinski definition) is 3. The van der Waals surface area contributed by atoms with Crippen molar-refractivity contribution in [2.45, 2.75) is 78.3 Å². The van der Waals surface area contributed by atoms with E-state index in [9.17, 15) is 9.18 Å². The summed E-state index contributed by atoms with van der Waals surface area (Å²) in [6.07, 6.45) is 4.46. The zero-order chi connectivity index (χ0) is 22.3. The topological polar surface area (TPSA) is 44.2 Å². The number of hydrogen-bond donors (Lipinski definition) is 1. The Kier molecular flexibility index (Phi) is 9.41. The van der Waals surface area contributed by atoms with Gasteiger partial charge in [0.15, 0.2) is 0 Å².